The molecule has 1 aliphatic rings. The van der Waals surface area contributed by atoms with Gasteiger partial charge >= 0.3 is 0 Å². The molecule has 0 aromatic rings. The minimum absolute atomic E-state index is 0. The van der Waals surface area contributed by atoms with Gasteiger partial charge in [-0.3, -0.25) is 4.99 Å². The van der Waals surface area contributed by atoms with E-state index >= 15 is 0 Å². The maximum absolute atomic E-state index is 11.8. The summed E-state index contributed by atoms with van der Waals surface area (Å²) in [5.41, 5.74) is 0. The van der Waals surface area contributed by atoms with E-state index in [0.717, 1.165) is 31.3 Å². The first kappa shape index (κ1) is 23.3. The van der Waals surface area contributed by atoms with Crippen molar-refractivity contribution in [3.05, 3.63) is 0 Å². The van der Waals surface area contributed by atoms with Gasteiger partial charge in [0.05, 0.1) is 11.3 Å². The molecule has 1 unspecified atom stereocenters. The molecule has 1 aliphatic heterocycles. The minimum Gasteiger partial charge on any atom is -0.357 e. The van der Waals surface area contributed by atoms with Gasteiger partial charge < -0.3 is 10.2 Å². The molecule has 138 valence electrons. The average Bonchev–Trinajstić information content (AvgIpc) is 2.42. The molecule has 0 amide bonds. The molecule has 1 saturated heterocycles. The predicted molar refractivity (Wildman–Crippen MR) is 113 cm³/mol. The maximum atomic E-state index is 11.8. The fraction of sp³-hybridized carbons (Fsp3) is 0.933. The van der Waals surface area contributed by atoms with Crippen LogP contribution in [-0.4, -0.2) is 67.5 Å². The maximum Gasteiger partial charge on any atom is 0.194 e. The number of hydrogen-bond donors (Lipinski definition) is 1. The topological polar surface area (TPSA) is 61.8 Å². The number of nitrogens with zero attached hydrogens (tertiary/aromatic N) is 2. The second kappa shape index (κ2) is 9.70. The van der Waals surface area contributed by atoms with E-state index in [0.29, 0.717) is 11.2 Å². The molecule has 23 heavy (non-hydrogen) atoms. The fourth-order valence-corrected chi connectivity index (χ4v) is 3.68. The molecule has 0 bridgehead atoms. The number of halogens is 1. The Hall–Kier alpha value is 0.300. The van der Waals surface area contributed by atoms with Crippen LogP contribution in [0.1, 0.15) is 34.6 Å². The van der Waals surface area contributed by atoms with Crippen LogP contribution in [0.3, 0.4) is 0 Å². The van der Waals surface area contributed by atoms with Crippen molar-refractivity contribution in [2.45, 2.75) is 44.6 Å². The van der Waals surface area contributed by atoms with Crippen molar-refractivity contribution in [1.29, 1.82) is 0 Å². The van der Waals surface area contributed by atoms with E-state index in [1.807, 2.05) is 18.7 Å². The highest BCUT2D eigenvalue weighted by Crippen LogP contribution is 2.25. The Labute approximate surface area is 163 Å². The smallest absolute Gasteiger partial charge is 0.194 e. The highest BCUT2D eigenvalue weighted by Gasteiger charge is 2.31. The van der Waals surface area contributed by atoms with Crippen molar-refractivity contribution in [2.75, 3.05) is 38.2 Å². The molecule has 5 nitrogen and oxygen atoms in total. The molecular formula is C15H32IN3O2S2. The Morgan fingerprint density at radius 2 is 2.04 bits per heavy atom. The van der Waals surface area contributed by atoms with Gasteiger partial charge in [0.2, 0.25) is 0 Å². The van der Waals surface area contributed by atoms with E-state index in [-0.39, 0.29) is 30.5 Å². The lowest BCUT2D eigenvalue weighted by Gasteiger charge is -2.36. The Morgan fingerprint density at radius 1 is 1.43 bits per heavy atom. The molecule has 0 saturated carbocycles. The second-order valence-corrected chi connectivity index (χ2v) is 10.8. The van der Waals surface area contributed by atoms with Crippen molar-refractivity contribution >= 4 is 51.5 Å². The van der Waals surface area contributed by atoms with Crippen LogP contribution in [0, 0.1) is 5.92 Å². The van der Waals surface area contributed by atoms with Crippen molar-refractivity contribution < 1.29 is 8.42 Å². The van der Waals surface area contributed by atoms with Crippen LogP contribution >= 0.6 is 35.7 Å². The van der Waals surface area contributed by atoms with Crippen LogP contribution in [0.5, 0.6) is 0 Å². The van der Waals surface area contributed by atoms with E-state index in [9.17, 15) is 8.42 Å². The Kier molecular flexibility index (Phi) is 9.82. The molecular weight excluding hydrogens is 445 g/mol. The van der Waals surface area contributed by atoms with E-state index in [2.05, 4.69) is 29.1 Å². The summed E-state index contributed by atoms with van der Waals surface area (Å²) in [6.45, 7) is 13.0. The van der Waals surface area contributed by atoms with Gasteiger partial charge in [0, 0.05) is 36.9 Å². The van der Waals surface area contributed by atoms with Gasteiger partial charge in [-0.1, -0.05) is 13.8 Å². The van der Waals surface area contributed by atoms with Gasteiger partial charge in [0.15, 0.2) is 15.8 Å². The number of nitrogens with one attached hydrogen (secondary N) is 1. The Bertz CT molecular complexity index is 493. The van der Waals surface area contributed by atoms with Gasteiger partial charge in [-0.2, -0.15) is 11.8 Å². The molecule has 1 fully saturated rings. The Morgan fingerprint density at radius 3 is 2.52 bits per heavy atom. The lowest BCUT2D eigenvalue weighted by atomic mass is 10.1. The van der Waals surface area contributed by atoms with Crippen LogP contribution in [0.2, 0.25) is 0 Å². The summed E-state index contributed by atoms with van der Waals surface area (Å²) >= 11 is 2.02. The molecule has 0 aromatic carbocycles. The van der Waals surface area contributed by atoms with Crippen LogP contribution in [0.25, 0.3) is 0 Å². The van der Waals surface area contributed by atoms with Gasteiger partial charge in [-0.15, -0.1) is 24.0 Å². The molecule has 1 rings (SSSR count). The zero-order valence-corrected chi connectivity index (χ0v) is 19.1. The van der Waals surface area contributed by atoms with Gasteiger partial charge in [-0.05, 0) is 26.7 Å². The lowest BCUT2D eigenvalue weighted by molar-refractivity contribution is 0.380. The molecule has 1 atom stereocenters. The first-order valence-electron chi connectivity index (χ1n) is 7.93. The van der Waals surface area contributed by atoms with Crippen LogP contribution in [0.4, 0.5) is 0 Å². The lowest BCUT2D eigenvalue weighted by Crippen LogP contribution is -2.49. The van der Waals surface area contributed by atoms with Crippen molar-refractivity contribution in [2.24, 2.45) is 10.9 Å². The molecule has 0 spiro atoms. The Balaban J connectivity index is 0.00000484. The number of guanidine groups is 1. The highest BCUT2D eigenvalue weighted by atomic mass is 127. The fourth-order valence-electron chi connectivity index (χ4n) is 2.08. The number of hydrogen-bond acceptors (Lipinski definition) is 4. The molecule has 1 heterocycles. The van der Waals surface area contributed by atoms with E-state index in [1.54, 1.807) is 13.8 Å². The number of thioether (sulfide) groups is 1. The summed E-state index contributed by atoms with van der Waals surface area (Å²) in [6.07, 6.45) is 1.28. The first-order valence-corrected chi connectivity index (χ1v) is 10.9. The largest absolute Gasteiger partial charge is 0.357 e. The first-order chi connectivity index (χ1) is 10.1. The molecule has 0 radical (unpaired) electrons. The van der Waals surface area contributed by atoms with Crippen molar-refractivity contribution in [1.82, 2.24) is 10.2 Å². The summed E-state index contributed by atoms with van der Waals surface area (Å²) in [5.74, 6) is 2.55. The zero-order valence-electron chi connectivity index (χ0n) is 15.1. The van der Waals surface area contributed by atoms with E-state index in [1.165, 1.54) is 6.26 Å². The van der Waals surface area contributed by atoms with Crippen LogP contribution in [-0.2, 0) is 9.84 Å². The predicted octanol–water partition coefficient (Wildman–Crippen LogP) is 2.47. The number of rotatable bonds is 5. The minimum atomic E-state index is -3.13. The molecule has 0 aromatic heterocycles. The second-order valence-electron chi connectivity index (χ2n) is 6.80. The summed E-state index contributed by atoms with van der Waals surface area (Å²) in [5, 5.41) is 3.91. The van der Waals surface area contributed by atoms with Crippen LogP contribution in [0.15, 0.2) is 4.99 Å². The monoisotopic (exact) mass is 477 g/mol. The van der Waals surface area contributed by atoms with Crippen molar-refractivity contribution in [3.63, 3.8) is 0 Å². The summed E-state index contributed by atoms with van der Waals surface area (Å²) in [7, 11) is -3.13. The number of sulfone groups is 1. The SMILES string of the molecule is CCNC(=NCC(C)(C)S(C)(=O)=O)N1CCSC(C(C)C)C1.I. The standard InChI is InChI=1S/C15H31N3O2S2.HI/c1-7-16-14(17-11-15(4,5)22(6,19)20)18-8-9-21-13(10-18)12(2)3;/h12-13H,7-11H2,1-6H3,(H,16,17);1H. The quantitative estimate of drug-likeness (QED) is 0.375. The summed E-state index contributed by atoms with van der Waals surface area (Å²) in [6, 6.07) is 0. The normalized spacial score (nSPS) is 20.4. The highest BCUT2D eigenvalue weighted by molar-refractivity contribution is 14.0. The molecule has 1 N–H and O–H groups in total. The van der Waals surface area contributed by atoms with Crippen LogP contribution < -0.4 is 5.32 Å². The number of aliphatic imine (C=N–C) groups is 1. The zero-order chi connectivity index (χ0) is 17.0. The van der Waals surface area contributed by atoms with Crippen molar-refractivity contribution in [3.8, 4) is 0 Å². The summed E-state index contributed by atoms with van der Waals surface area (Å²) in [4.78, 5) is 6.88. The third-order valence-corrected chi connectivity index (χ3v) is 7.76. The van der Waals surface area contributed by atoms with E-state index < -0.39 is 14.6 Å². The third kappa shape index (κ3) is 6.97. The van der Waals surface area contributed by atoms with Gasteiger partial charge in [0.1, 0.15) is 0 Å². The van der Waals surface area contributed by atoms with Gasteiger partial charge in [-0.25, -0.2) is 8.42 Å². The molecule has 0 aliphatic carbocycles. The van der Waals surface area contributed by atoms with E-state index in [4.69, 9.17) is 0 Å². The average molecular weight is 477 g/mol. The third-order valence-electron chi connectivity index (χ3n) is 4.08. The summed E-state index contributed by atoms with van der Waals surface area (Å²) < 4.78 is 22.8. The molecule has 8 heteroatoms. The van der Waals surface area contributed by atoms with Gasteiger partial charge in [0.25, 0.3) is 0 Å².